The van der Waals surface area contributed by atoms with Gasteiger partial charge in [0.1, 0.15) is 11.7 Å². The van der Waals surface area contributed by atoms with Gasteiger partial charge in [-0.3, -0.25) is 4.79 Å². The van der Waals surface area contributed by atoms with E-state index in [0.717, 1.165) is 23.7 Å². The van der Waals surface area contributed by atoms with E-state index in [1.54, 1.807) is 24.3 Å². The minimum absolute atomic E-state index is 0.0200. The maximum Gasteiger partial charge on any atom is 0.338 e. The average molecular weight is 602 g/mol. The van der Waals surface area contributed by atoms with Crippen LogP contribution in [0, 0.1) is 0 Å². The van der Waals surface area contributed by atoms with E-state index < -0.39 is 11.4 Å². The molecule has 0 amide bonds. The van der Waals surface area contributed by atoms with Crippen LogP contribution >= 0.6 is 15.9 Å². The number of benzene rings is 1. The van der Waals surface area contributed by atoms with Gasteiger partial charge in [-0.1, -0.05) is 93.5 Å². The molecule has 3 aliphatic rings. The molecule has 2 fully saturated rings. The molecule has 4 rings (SSSR count). The van der Waals surface area contributed by atoms with Gasteiger partial charge in [-0.15, -0.1) is 0 Å². The van der Waals surface area contributed by atoms with Crippen LogP contribution in [0.15, 0.2) is 53.0 Å². The van der Waals surface area contributed by atoms with Crippen molar-refractivity contribution in [2.24, 2.45) is 0 Å². The predicted molar refractivity (Wildman–Crippen MR) is 158 cm³/mol. The van der Waals surface area contributed by atoms with E-state index >= 15 is 0 Å². The van der Waals surface area contributed by atoms with Crippen LogP contribution in [0.4, 0.5) is 0 Å². The van der Waals surface area contributed by atoms with Crippen LogP contribution in [-0.2, 0) is 19.0 Å². The molecule has 1 aromatic rings. The molecule has 39 heavy (non-hydrogen) atoms. The maximum absolute atomic E-state index is 12.9. The number of ketones is 1. The lowest BCUT2D eigenvalue weighted by Gasteiger charge is -2.43. The minimum Gasteiger partial charge on any atom is -0.458 e. The highest BCUT2D eigenvalue weighted by Gasteiger charge is 2.53. The molecule has 2 heterocycles. The van der Waals surface area contributed by atoms with Crippen molar-refractivity contribution in [3.63, 3.8) is 0 Å². The van der Waals surface area contributed by atoms with Crippen molar-refractivity contribution in [3.8, 4) is 0 Å². The van der Waals surface area contributed by atoms with E-state index in [2.05, 4.69) is 22.9 Å². The average Bonchev–Trinajstić information content (AvgIpc) is 3.25. The van der Waals surface area contributed by atoms with Crippen LogP contribution in [-0.4, -0.2) is 35.3 Å². The fourth-order valence-corrected chi connectivity index (χ4v) is 6.35. The molecule has 214 valence electrons. The van der Waals surface area contributed by atoms with Crippen LogP contribution in [0.25, 0.3) is 0 Å². The van der Waals surface area contributed by atoms with E-state index in [1.807, 2.05) is 24.3 Å². The van der Waals surface area contributed by atoms with Gasteiger partial charge in [-0.2, -0.15) is 0 Å². The molecule has 0 saturated carbocycles. The summed E-state index contributed by atoms with van der Waals surface area (Å²) in [6, 6.07) is 7.26. The van der Waals surface area contributed by atoms with E-state index in [9.17, 15) is 9.59 Å². The number of unbranched alkanes of at least 4 members (excludes halogenated alkanes) is 10. The van der Waals surface area contributed by atoms with E-state index in [0.29, 0.717) is 24.8 Å². The van der Waals surface area contributed by atoms with Gasteiger partial charge < -0.3 is 14.2 Å². The van der Waals surface area contributed by atoms with Crippen molar-refractivity contribution in [1.29, 1.82) is 0 Å². The van der Waals surface area contributed by atoms with Gasteiger partial charge in [-0.05, 0) is 61.4 Å². The molecule has 2 saturated heterocycles. The topological polar surface area (TPSA) is 61.8 Å². The maximum atomic E-state index is 12.9. The number of hydrogen-bond acceptors (Lipinski definition) is 5. The first-order valence-corrected chi connectivity index (χ1v) is 16.0. The standard InChI is InChI=1S/C33H45BrO5/c1-2-3-4-5-6-7-8-9-10-11-12-13-29-24-30(37-31(36)26-14-16-27(34)17-15-26)25-33(38-29)23-22-32(39-33)20-18-28(35)19-21-32/h14-21,29-30H,2-13,22-25H2,1H3/t29-,30-,33-/m1/s1. The molecule has 0 bridgehead atoms. The zero-order valence-electron chi connectivity index (χ0n) is 23.5. The summed E-state index contributed by atoms with van der Waals surface area (Å²) in [5.41, 5.74) is -0.0757. The number of rotatable bonds is 14. The predicted octanol–water partition coefficient (Wildman–Crippen LogP) is 8.80. The summed E-state index contributed by atoms with van der Waals surface area (Å²) in [4.78, 5) is 24.7. The van der Waals surface area contributed by atoms with Gasteiger partial charge in [0.2, 0.25) is 0 Å². The molecule has 6 heteroatoms. The zero-order chi connectivity index (χ0) is 27.6. The third kappa shape index (κ3) is 9.12. The van der Waals surface area contributed by atoms with Gasteiger partial charge in [-0.25, -0.2) is 4.79 Å². The van der Waals surface area contributed by atoms with Crippen molar-refractivity contribution in [3.05, 3.63) is 58.6 Å². The number of halogens is 1. The van der Waals surface area contributed by atoms with Gasteiger partial charge in [0.25, 0.3) is 0 Å². The number of ether oxygens (including phenoxy) is 3. The molecular formula is C33H45BrO5. The Morgan fingerprint density at radius 1 is 0.923 bits per heavy atom. The second kappa shape index (κ2) is 14.7. The SMILES string of the molecule is CCCCCCCCCCCCC[C@@H]1C[C@@H](OC(=O)c2ccc(Br)cc2)C[C@]2(CCC3(C=CC(=O)C=C3)O2)O1. The number of esters is 1. The number of hydrogen-bond donors (Lipinski definition) is 0. The van der Waals surface area contributed by atoms with Crippen LogP contribution in [0.3, 0.4) is 0 Å². The summed E-state index contributed by atoms with van der Waals surface area (Å²) in [7, 11) is 0. The Morgan fingerprint density at radius 2 is 1.54 bits per heavy atom. The highest BCUT2D eigenvalue weighted by atomic mass is 79.9. The minimum atomic E-state index is -0.805. The number of allylic oxidation sites excluding steroid dienone is 2. The van der Waals surface area contributed by atoms with Crippen LogP contribution in [0.5, 0.6) is 0 Å². The summed E-state index contributed by atoms with van der Waals surface area (Å²) in [5.74, 6) is -1.14. The Hall–Kier alpha value is -1.76. The van der Waals surface area contributed by atoms with Crippen LogP contribution in [0.1, 0.15) is 120 Å². The van der Waals surface area contributed by atoms with Gasteiger partial charge >= 0.3 is 5.97 Å². The molecule has 2 aliphatic heterocycles. The number of carbonyl (C=O) groups is 2. The molecule has 3 atom stereocenters. The highest BCUT2D eigenvalue weighted by Crippen LogP contribution is 2.48. The van der Waals surface area contributed by atoms with E-state index in [4.69, 9.17) is 14.2 Å². The van der Waals surface area contributed by atoms with Crippen molar-refractivity contribution in [2.75, 3.05) is 0 Å². The Labute approximate surface area is 242 Å². The molecule has 0 unspecified atom stereocenters. The van der Waals surface area contributed by atoms with Crippen molar-refractivity contribution >= 4 is 27.7 Å². The smallest absolute Gasteiger partial charge is 0.338 e. The normalized spacial score (nSPS) is 25.5. The Balaban J connectivity index is 1.29. The molecule has 1 aliphatic carbocycles. The Bertz CT molecular complexity index is 984. The molecule has 0 aromatic heterocycles. The fourth-order valence-electron chi connectivity index (χ4n) is 6.08. The van der Waals surface area contributed by atoms with Crippen LogP contribution < -0.4 is 0 Å². The quantitative estimate of drug-likeness (QED) is 0.158. The summed E-state index contributed by atoms with van der Waals surface area (Å²) < 4.78 is 20.2. The summed E-state index contributed by atoms with van der Waals surface area (Å²) >= 11 is 3.42. The fraction of sp³-hybridized carbons (Fsp3) is 0.636. The molecule has 1 aromatic carbocycles. The summed E-state index contributed by atoms with van der Waals surface area (Å²) in [5, 5.41) is 0. The lowest BCUT2D eigenvalue weighted by Crippen LogP contribution is -2.48. The molecule has 0 N–H and O–H groups in total. The van der Waals surface area contributed by atoms with Gasteiger partial charge in [0.15, 0.2) is 11.6 Å². The lowest BCUT2D eigenvalue weighted by atomic mass is 9.91. The first-order valence-electron chi connectivity index (χ1n) is 15.2. The largest absolute Gasteiger partial charge is 0.458 e. The molecule has 2 spiro atoms. The van der Waals surface area contributed by atoms with Gasteiger partial charge in [0.05, 0.1) is 11.7 Å². The zero-order valence-corrected chi connectivity index (χ0v) is 25.1. The Kier molecular flexibility index (Phi) is 11.4. The van der Waals surface area contributed by atoms with Crippen molar-refractivity contribution in [1.82, 2.24) is 0 Å². The molecular weight excluding hydrogens is 556 g/mol. The number of carbonyl (C=O) groups excluding carboxylic acids is 2. The monoisotopic (exact) mass is 600 g/mol. The first kappa shape index (κ1) is 30.2. The molecule has 0 radical (unpaired) electrons. The third-order valence-electron chi connectivity index (χ3n) is 8.26. The van der Waals surface area contributed by atoms with Crippen LogP contribution in [0.2, 0.25) is 0 Å². The Morgan fingerprint density at radius 3 is 2.18 bits per heavy atom. The highest BCUT2D eigenvalue weighted by molar-refractivity contribution is 9.10. The molecule has 5 nitrogen and oxygen atoms in total. The summed E-state index contributed by atoms with van der Waals surface area (Å²) in [6.45, 7) is 2.26. The van der Waals surface area contributed by atoms with E-state index in [1.165, 1.54) is 64.2 Å². The second-order valence-electron chi connectivity index (χ2n) is 11.6. The second-order valence-corrected chi connectivity index (χ2v) is 12.5. The van der Waals surface area contributed by atoms with Gasteiger partial charge in [0, 0.05) is 23.7 Å². The van der Waals surface area contributed by atoms with Crippen molar-refractivity contribution in [2.45, 2.75) is 133 Å². The summed E-state index contributed by atoms with van der Waals surface area (Å²) in [6.07, 6.45) is 24.5. The van der Waals surface area contributed by atoms with E-state index in [-0.39, 0.29) is 24.0 Å². The third-order valence-corrected chi connectivity index (χ3v) is 8.79. The first-order chi connectivity index (χ1) is 18.9. The lowest BCUT2D eigenvalue weighted by molar-refractivity contribution is -0.291. The van der Waals surface area contributed by atoms with Crippen molar-refractivity contribution < 1.29 is 23.8 Å².